The van der Waals surface area contributed by atoms with Crippen molar-refractivity contribution in [2.75, 3.05) is 18.9 Å². The van der Waals surface area contributed by atoms with Gasteiger partial charge in [0.1, 0.15) is 11.4 Å². The lowest BCUT2D eigenvalue weighted by molar-refractivity contribution is 0.0692. The molecule has 0 amide bonds. The first kappa shape index (κ1) is 18.5. The van der Waals surface area contributed by atoms with Gasteiger partial charge in [-0.05, 0) is 30.7 Å². The second-order valence-corrected chi connectivity index (χ2v) is 6.76. The number of nitrogens with one attached hydrogen (secondary N) is 1. The van der Waals surface area contributed by atoms with Crippen LogP contribution in [0.4, 0.5) is 10.1 Å². The van der Waals surface area contributed by atoms with Crippen molar-refractivity contribution in [3.05, 3.63) is 47.3 Å². The quantitative estimate of drug-likeness (QED) is 0.812. The summed E-state index contributed by atoms with van der Waals surface area (Å²) in [5, 5.41) is 9.28. The Balaban J connectivity index is 2.57. The third kappa shape index (κ3) is 3.82. The summed E-state index contributed by atoms with van der Waals surface area (Å²) < 4.78 is 50.8. The Morgan fingerprint density at radius 2 is 1.84 bits per heavy atom. The summed E-state index contributed by atoms with van der Waals surface area (Å²) in [5.74, 6) is -2.15. The third-order valence-corrected chi connectivity index (χ3v) is 4.78. The molecule has 0 fully saturated rings. The molecule has 9 heteroatoms. The number of carboxylic acids is 1. The van der Waals surface area contributed by atoms with Gasteiger partial charge in [0.25, 0.3) is 10.0 Å². The van der Waals surface area contributed by atoms with E-state index in [2.05, 4.69) is 4.72 Å². The summed E-state index contributed by atoms with van der Waals surface area (Å²) >= 11 is 0. The first-order valence-corrected chi connectivity index (χ1v) is 8.46. The van der Waals surface area contributed by atoms with Crippen LogP contribution in [0.25, 0.3) is 0 Å². The normalized spacial score (nSPS) is 11.0. The molecule has 0 bridgehead atoms. The predicted molar refractivity (Wildman–Crippen MR) is 88.5 cm³/mol. The monoisotopic (exact) mass is 369 g/mol. The zero-order valence-electron chi connectivity index (χ0n) is 13.7. The maximum absolute atomic E-state index is 13.4. The molecule has 0 aliphatic carbocycles. The Morgan fingerprint density at radius 3 is 2.40 bits per heavy atom. The molecular formula is C16H16FNO6S. The maximum Gasteiger partial charge on any atom is 0.339 e. The van der Waals surface area contributed by atoms with Crippen molar-refractivity contribution in [1.29, 1.82) is 0 Å². The SMILES string of the molecule is COc1cc(S(=O)(=O)Nc2cc(F)ccc2C)cc(C(=O)O)c1OC. The lowest BCUT2D eigenvalue weighted by atomic mass is 10.2. The topological polar surface area (TPSA) is 102 Å². The average Bonchev–Trinajstić information content (AvgIpc) is 2.56. The molecule has 0 heterocycles. The highest BCUT2D eigenvalue weighted by molar-refractivity contribution is 7.92. The standard InChI is InChI=1S/C16H16FNO6S/c1-9-4-5-10(17)6-13(9)18-25(21,22)11-7-12(16(19)20)15(24-3)14(8-11)23-2/h4-8,18H,1-3H3,(H,19,20). The molecule has 2 N–H and O–H groups in total. The Hall–Kier alpha value is -2.81. The van der Waals surface area contributed by atoms with Crippen molar-refractivity contribution >= 4 is 21.7 Å². The van der Waals surface area contributed by atoms with Crippen LogP contribution >= 0.6 is 0 Å². The van der Waals surface area contributed by atoms with Crippen LogP contribution < -0.4 is 14.2 Å². The number of aromatic carboxylic acids is 1. The summed E-state index contributed by atoms with van der Waals surface area (Å²) in [6, 6.07) is 5.73. The van der Waals surface area contributed by atoms with E-state index in [1.165, 1.54) is 26.4 Å². The molecule has 2 rings (SSSR count). The van der Waals surface area contributed by atoms with Crippen LogP contribution in [0, 0.1) is 12.7 Å². The number of methoxy groups -OCH3 is 2. The minimum absolute atomic E-state index is 0.0478. The first-order valence-electron chi connectivity index (χ1n) is 6.98. The zero-order valence-corrected chi connectivity index (χ0v) is 14.5. The van der Waals surface area contributed by atoms with Gasteiger partial charge in [-0.25, -0.2) is 17.6 Å². The first-order chi connectivity index (χ1) is 11.7. The number of hydrogen-bond acceptors (Lipinski definition) is 5. The third-order valence-electron chi connectivity index (χ3n) is 3.44. The Bertz CT molecular complexity index is 926. The van der Waals surface area contributed by atoms with E-state index >= 15 is 0 Å². The van der Waals surface area contributed by atoms with Gasteiger partial charge >= 0.3 is 5.97 Å². The van der Waals surface area contributed by atoms with E-state index in [0.29, 0.717) is 5.56 Å². The number of carboxylic acid groups (broad SMARTS) is 1. The van der Waals surface area contributed by atoms with Gasteiger partial charge in [-0.15, -0.1) is 0 Å². The number of benzene rings is 2. The highest BCUT2D eigenvalue weighted by atomic mass is 32.2. The minimum Gasteiger partial charge on any atom is -0.493 e. The van der Waals surface area contributed by atoms with Crippen LogP contribution in [-0.4, -0.2) is 33.7 Å². The molecule has 7 nitrogen and oxygen atoms in total. The Kier molecular flexibility index (Phi) is 5.17. The average molecular weight is 369 g/mol. The van der Waals surface area contributed by atoms with Gasteiger partial charge in [0.2, 0.25) is 0 Å². The molecule has 0 unspecified atom stereocenters. The number of ether oxygens (including phenoxy) is 2. The lowest BCUT2D eigenvalue weighted by Gasteiger charge is -2.15. The van der Waals surface area contributed by atoms with Crippen molar-refractivity contribution in [1.82, 2.24) is 0 Å². The van der Waals surface area contributed by atoms with Crippen molar-refractivity contribution < 1.29 is 32.2 Å². The Morgan fingerprint density at radius 1 is 1.16 bits per heavy atom. The number of carbonyl (C=O) groups is 1. The molecule has 0 spiro atoms. The van der Waals surface area contributed by atoms with E-state index in [-0.39, 0.29) is 27.6 Å². The summed E-state index contributed by atoms with van der Waals surface area (Å²) in [5.41, 5.74) is 0.175. The molecule has 0 aromatic heterocycles. The summed E-state index contributed by atoms with van der Waals surface area (Å²) in [6.07, 6.45) is 0. The van der Waals surface area contributed by atoms with Gasteiger partial charge < -0.3 is 14.6 Å². The fourth-order valence-corrected chi connectivity index (χ4v) is 3.32. The molecular weight excluding hydrogens is 353 g/mol. The summed E-state index contributed by atoms with van der Waals surface area (Å²) in [7, 11) is -1.68. The number of halogens is 1. The highest BCUT2D eigenvalue weighted by Gasteiger charge is 2.24. The molecule has 25 heavy (non-hydrogen) atoms. The largest absolute Gasteiger partial charge is 0.493 e. The molecule has 0 atom stereocenters. The zero-order chi connectivity index (χ0) is 18.8. The Labute approximate surface area is 144 Å². The van der Waals surface area contributed by atoms with Crippen LogP contribution in [0.15, 0.2) is 35.2 Å². The molecule has 0 saturated carbocycles. The molecule has 0 aliphatic heterocycles. The second kappa shape index (κ2) is 6.98. The van der Waals surface area contributed by atoms with Crippen LogP contribution in [0.3, 0.4) is 0 Å². The van der Waals surface area contributed by atoms with Crippen LogP contribution in [-0.2, 0) is 10.0 Å². The van der Waals surface area contributed by atoms with Gasteiger partial charge in [0.05, 0.1) is 24.8 Å². The highest BCUT2D eigenvalue weighted by Crippen LogP contribution is 2.35. The fourth-order valence-electron chi connectivity index (χ4n) is 2.16. The number of sulfonamides is 1. The van der Waals surface area contributed by atoms with Crippen LogP contribution in [0.1, 0.15) is 15.9 Å². The van der Waals surface area contributed by atoms with E-state index in [0.717, 1.165) is 18.2 Å². The number of rotatable bonds is 6. The molecule has 134 valence electrons. The van der Waals surface area contributed by atoms with E-state index in [4.69, 9.17) is 9.47 Å². The summed E-state index contributed by atoms with van der Waals surface area (Å²) in [6.45, 7) is 1.61. The van der Waals surface area contributed by atoms with Gasteiger partial charge in [0, 0.05) is 6.07 Å². The van der Waals surface area contributed by atoms with E-state index in [1.54, 1.807) is 6.92 Å². The minimum atomic E-state index is -4.18. The van der Waals surface area contributed by atoms with E-state index in [9.17, 15) is 22.7 Å². The molecule has 2 aromatic rings. The second-order valence-electron chi connectivity index (χ2n) is 5.08. The smallest absolute Gasteiger partial charge is 0.339 e. The molecule has 0 saturated heterocycles. The number of anilines is 1. The maximum atomic E-state index is 13.4. The van der Waals surface area contributed by atoms with Crippen LogP contribution in [0.5, 0.6) is 11.5 Å². The molecule has 0 aliphatic rings. The van der Waals surface area contributed by atoms with Crippen molar-refractivity contribution in [2.45, 2.75) is 11.8 Å². The van der Waals surface area contributed by atoms with Crippen molar-refractivity contribution in [2.24, 2.45) is 0 Å². The van der Waals surface area contributed by atoms with Gasteiger partial charge in [0.15, 0.2) is 11.5 Å². The number of aryl methyl sites for hydroxylation is 1. The fraction of sp³-hybridized carbons (Fsp3) is 0.188. The number of hydrogen-bond donors (Lipinski definition) is 2. The molecule has 0 radical (unpaired) electrons. The molecule has 2 aromatic carbocycles. The van der Waals surface area contributed by atoms with Gasteiger partial charge in [-0.2, -0.15) is 0 Å². The van der Waals surface area contributed by atoms with E-state index in [1.807, 2.05) is 0 Å². The van der Waals surface area contributed by atoms with Gasteiger partial charge in [-0.1, -0.05) is 6.07 Å². The predicted octanol–water partition coefficient (Wildman–Crippen LogP) is 2.65. The van der Waals surface area contributed by atoms with Crippen LogP contribution in [0.2, 0.25) is 0 Å². The van der Waals surface area contributed by atoms with Gasteiger partial charge in [-0.3, -0.25) is 4.72 Å². The van der Waals surface area contributed by atoms with Crippen molar-refractivity contribution in [3.8, 4) is 11.5 Å². The lowest BCUT2D eigenvalue weighted by Crippen LogP contribution is -2.15. The van der Waals surface area contributed by atoms with E-state index < -0.39 is 21.8 Å². The van der Waals surface area contributed by atoms with Crippen molar-refractivity contribution in [3.63, 3.8) is 0 Å². The summed E-state index contributed by atoms with van der Waals surface area (Å²) in [4.78, 5) is 11.0.